The Morgan fingerprint density at radius 2 is 2.18 bits per heavy atom. The third-order valence-electron chi connectivity index (χ3n) is 2.20. The number of nitrogens with one attached hydrogen (secondary N) is 3. The van der Waals surface area contributed by atoms with E-state index in [0.717, 1.165) is 0 Å². The Morgan fingerprint density at radius 3 is 2.65 bits per heavy atom. The summed E-state index contributed by atoms with van der Waals surface area (Å²) in [6.45, 7) is 7.19. The van der Waals surface area contributed by atoms with Gasteiger partial charge >= 0.3 is 12.1 Å². The number of amides is 3. The fourth-order valence-electron chi connectivity index (χ4n) is 1.39. The Morgan fingerprint density at radius 1 is 1.53 bits per heavy atom. The van der Waals surface area contributed by atoms with E-state index in [0.29, 0.717) is 6.42 Å². The zero-order valence-corrected chi connectivity index (χ0v) is 10.6. The van der Waals surface area contributed by atoms with Gasteiger partial charge in [0.25, 0.3) is 0 Å². The highest BCUT2D eigenvalue weighted by Gasteiger charge is 2.33. The lowest BCUT2D eigenvalue weighted by Gasteiger charge is -2.34. The zero-order valence-electron chi connectivity index (χ0n) is 10.6. The molecule has 96 valence electrons. The van der Waals surface area contributed by atoms with E-state index in [9.17, 15) is 9.59 Å². The predicted octanol–water partition coefficient (Wildman–Crippen LogP) is 1.44. The Bertz CT molecular complexity index is 346. The predicted molar refractivity (Wildman–Crippen MR) is 63.2 cm³/mol. The molecule has 0 fully saturated rings. The number of rotatable bonds is 2. The Balaban J connectivity index is 2.70. The van der Waals surface area contributed by atoms with Gasteiger partial charge in [-0.3, -0.25) is 5.32 Å². The molecular formula is C11H19N3O3. The molecule has 0 aromatic heterocycles. The highest BCUT2D eigenvalue weighted by atomic mass is 16.6. The lowest BCUT2D eigenvalue weighted by Crippen LogP contribution is -2.63. The first-order valence-corrected chi connectivity index (χ1v) is 5.54. The van der Waals surface area contributed by atoms with Crippen LogP contribution in [0.5, 0.6) is 0 Å². The molecule has 0 bridgehead atoms. The second kappa shape index (κ2) is 4.65. The molecule has 6 nitrogen and oxygen atoms in total. The Hall–Kier alpha value is -1.72. The molecule has 1 unspecified atom stereocenters. The summed E-state index contributed by atoms with van der Waals surface area (Å²) in [4.78, 5) is 22.9. The van der Waals surface area contributed by atoms with Crippen molar-refractivity contribution in [1.29, 1.82) is 0 Å². The van der Waals surface area contributed by atoms with Crippen LogP contribution < -0.4 is 16.0 Å². The van der Waals surface area contributed by atoms with Crippen LogP contribution in [0.4, 0.5) is 9.59 Å². The van der Waals surface area contributed by atoms with Gasteiger partial charge in [-0.15, -0.1) is 0 Å². The quantitative estimate of drug-likeness (QED) is 0.684. The van der Waals surface area contributed by atoms with Crippen molar-refractivity contribution >= 4 is 12.1 Å². The van der Waals surface area contributed by atoms with Crippen molar-refractivity contribution < 1.29 is 14.3 Å². The fourth-order valence-corrected chi connectivity index (χ4v) is 1.39. The molecule has 0 radical (unpaired) electrons. The van der Waals surface area contributed by atoms with Crippen molar-refractivity contribution in [2.75, 3.05) is 0 Å². The molecule has 6 heteroatoms. The minimum absolute atomic E-state index is 0.356. The second-order valence-electron chi connectivity index (χ2n) is 4.88. The van der Waals surface area contributed by atoms with Crippen molar-refractivity contribution in [1.82, 2.24) is 16.0 Å². The van der Waals surface area contributed by atoms with Gasteiger partial charge in [-0.2, -0.15) is 0 Å². The van der Waals surface area contributed by atoms with Gasteiger partial charge in [0.15, 0.2) is 0 Å². The minimum Gasteiger partial charge on any atom is -0.444 e. The maximum atomic E-state index is 11.7. The first-order chi connectivity index (χ1) is 7.76. The van der Waals surface area contributed by atoms with Gasteiger partial charge in [0, 0.05) is 6.20 Å². The van der Waals surface area contributed by atoms with Gasteiger partial charge in [0.2, 0.25) is 0 Å². The average Bonchev–Trinajstić information content (AvgIpc) is 2.14. The number of ether oxygens (including phenoxy) is 1. The van der Waals surface area contributed by atoms with Crippen molar-refractivity contribution in [2.24, 2.45) is 0 Å². The molecule has 0 saturated carbocycles. The van der Waals surface area contributed by atoms with Crippen LogP contribution >= 0.6 is 0 Å². The summed E-state index contributed by atoms with van der Waals surface area (Å²) in [6.07, 6.45) is 3.14. The molecule has 0 aromatic rings. The molecule has 17 heavy (non-hydrogen) atoms. The maximum Gasteiger partial charge on any atom is 0.409 e. The number of carbonyl (C=O) groups excluding carboxylic acids is 2. The van der Waals surface area contributed by atoms with E-state index in [2.05, 4.69) is 16.0 Å². The van der Waals surface area contributed by atoms with Crippen LogP contribution in [0.25, 0.3) is 0 Å². The second-order valence-corrected chi connectivity index (χ2v) is 4.88. The molecule has 0 saturated heterocycles. The van der Waals surface area contributed by atoms with Crippen molar-refractivity contribution in [3.8, 4) is 0 Å². The SMILES string of the molecule is CCC1(NC(=O)OC(C)(C)C)C=CNC(=O)N1. The van der Waals surface area contributed by atoms with Gasteiger partial charge in [-0.05, 0) is 33.3 Å². The summed E-state index contributed by atoms with van der Waals surface area (Å²) in [7, 11) is 0. The number of hydrogen-bond acceptors (Lipinski definition) is 3. The minimum atomic E-state index is -0.884. The molecule has 0 aromatic carbocycles. The summed E-state index contributed by atoms with van der Waals surface area (Å²) in [5, 5.41) is 7.77. The fraction of sp³-hybridized carbons (Fsp3) is 0.636. The number of carbonyl (C=O) groups is 2. The standard InChI is InChI=1S/C11H19N3O3/c1-5-11(6-7-12-8(15)13-11)14-9(16)17-10(2,3)4/h6-7H,5H2,1-4H3,(H,14,16)(H2,12,13,15). The largest absolute Gasteiger partial charge is 0.444 e. The van der Waals surface area contributed by atoms with E-state index in [1.54, 1.807) is 26.8 Å². The summed E-state index contributed by atoms with van der Waals surface area (Å²) in [5.74, 6) is 0. The highest BCUT2D eigenvalue weighted by molar-refractivity contribution is 5.79. The molecule has 1 rings (SSSR count). The third-order valence-corrected chi connectivity index (χ3v) is 2.20. The van der Waals surface area contributed by atoms with Crippen molar-refractivity contribution in [2.45, 2.75) is 45.4 Å². The van der Waals surface area contributed by atoms with Gasteiger partial charge in [-0.25, -0.2) is 9.59 Å². The smallest absolute Gasteiger partial charge is 0.409 e. The number of urea groups is 1. The van der Waals surface area contributed by atoms with Crippen LogP contribution in [0.2, 0.25) is 0 Å². The van der Waals surface area contributed by atoms with Crippen LogP contribution in [0.1, 0.15) is 34.1 Å². The molecule has 3 amide bonds. The first-order valence-electron chi connectivity index (χ1n) is 5.54. The first kappa shape index (κ1) is 13.3. The maximum absolute atomic E-state index is 11.7. The van der Waals surface area contributed by atoms with Crippen LogP contribution in [0.15, 0.2) is 12.3 Å². The number of hydrogen-bond donors (Lipinski definition) is 3. The molecular weight excluding hydrogens is 222 g/mol. The van der Waals surface area contributed by atoms with E-state index >= 15 is 0 Å². The molecule has 0 aliphatic carbocycles. The highest BCUT2D eigenvalue weighted by Crippen LogP contribution is 2.13. The van der Waals surface area contributed by atoms with E-state index in [4.69, 9.17) is 4.74 Å². The molecule has 1 heterocycles. The van der Waals surface area contributed by atoms with Crippen LogP contribution in [0, 0.1) is 0 Å². The Kier molecular flexibility index (Phi) is 3.65. The average molecular weight is 241 g/mol. The van der Waals surface area contributed by atoms with E-state index in [1.165, 1.54) is 6.20 Å². The summed E-state index contributed by atoms with van der Waals surface area (Å²) >= 11 is 0. The topological polar surface area (TPSA) is 79.5 Å². The summed E-state index contributed by atoms with van der Waals surface area (Å²) in [5.41, 5.74) is -1.45. The van der Waals surface area contributed by atoms with Gasteiger partial charge in [0.05, 0.1) is 0 Å². The molecule has 1 aliphatic heterocycles. The van der Waals surface area contributed by atoms with Crippen molar-refractivity contribution in [3.63, 3.8) is 0 Å². The normalized spacial score (nSPS) is 23.6. The van der Waals surface area contributed by atoms with E-state index in [1.807, 2.05) is 6.92 Å². The van der Waals surface area contributed by atoms with E-state index in [-0.39, 0.29) is 6.03 Å². The van der Waals surface area contributed by atoms with Crippen LogP contribution in [-0.4, -0.2) is 23.4 Å². The molecule has 1 aliphatic rings. The molecule has 0 spiro atoms. The summed E-state index contributed by atoms with van der Waals surface area (Å²) in [6, 6.07) is -0.356. The monoisotopic (exact) mass is 241 g/mol. The van der Waals surface area contributed by atoms with Gasteiger partial charge in [-0.1, -0.05) is 6.92 Å². The Labute approximate surface area is 101 Å². The lowest BCUT2D eigenvalue weighted by molar-refractivity contribution is 0.0462. The molecule has 1 atom stereocenters. The summed E-state index contributed by atoms with van der Waals surface area (Å²) < 4.78 is 5.15. The third kappa shape index (κ3) is 3.97. The van der Waals surface area contributed by atoms with Gasteiger partial charge < -0.3 is 15.4 Å². The lowest BCUT2D eigenvalue weighted by atomic mass is 10.1. The molecule has 3 N–H and O–H groups in total. The van der Waals surface area contributed by atoms with Crippen LogP contribution in [-0.2, 0) is 4.74 Å². The number of alkyl carbamates (subject to hydrolysis) is 1. The van der Waals surface area contributed by atoms with Crippen molar-refractivity contribution in [3.05, 3.63) is 12.3 Å². The van der Waals surface area contributed by atoms with Crippen LogP contribution in [0.3, 0.4) is 0 Å². The zero-order chi connectivity index (χ0) is 13.1. The van der Waals surface area contributed by atoms with Gasteiger partial charge in [0.1, 0.15) is 11.3 Å². The van der Waals surface area contributed by atoms with E-state index < -0.39 is 17.4 Å².